The van der Waals surface area contributed by atoms with Gasteiger partial charge in [-0.1, -0.05) is 23.2 Å². The Bertz CT molecular complexity index is 1050. The second-order valence-electron chi connectivity index (χ2n) is 5.61. The Kier molecular flexibility index (Phi) is 4.96. The van der Waals surface area contributed by atoms with Crippen LogP contribution in [-0.4, -0.2) is 22.4 Å². The quantitative estimate of drug-likeness (QED) is 0.634. The maximum absolute atomic E-state index is 13.1. The Labute approximate surface area is 161 Å². The van der Waals surface area contributed by atoms with Gasteiger partial charge in [0.2, 0.25) is 0 Å². The molecular formula is C17H12Cl2F3N3O2. The highest BCUT2D eigenvalue weighted by molar-refractivity contribution is 6.33. The average Bonchev–Trinajstić information content (AvgIpc) is 2.91. The molecule has 0 atom stereocenters. The summed E-state index contributed by atoms with van der Waals surface area (Å²) in [6.45, 7) is 1.50. The second-order valence-corrected chi connectivity index (χ2v) is 6.46. The van der Waals surface area contributed by atoms with Crippen molar-refractivity contribution in [3.05, 3.63) is 57.5 Å². The van der Waals surface area contributed by atoms with E-state index in [0.29, 0.717) is 10.8 Å². The number of nitrogens with zero attached hydrogens (tertiary/aromatic N) is 2. The minimum absolute atomic E-state index is 0.0466. The van der Waals surface area contributed by atoms with Gasteiger partial charge in [-0.25, -0.2) is 4.98 Å². The van der Waals surface area contributed by atoms with Gasteiger partial charge in [0.25, 0.3) is 5.91 Å². The molecular weight excluding hydrogens is 406 g/mol. The highest BCUT2D eigenvalue weighted by Gasteiger charge is 2.33. The van der Waals surface area contributed by atoms with E-state index in [-0.39, 0.29) is 27.7 Å². The van der Waals surface area contributed by atoms with Crippen LogP contribution in [0.2, 0.25) is 10.0 Å². The van der Waals surface area contributed by atoms with Crippen LogP contribution in [0, 0.1) is 6.92 Å². The SMILES string of the molecule is COc1ccc(Cl)cc1NC(=O)c1c(C)nc2c(Cl)cc(C(F)(F)F)cn12. The van der Waals surface area contributed by atoms with Crippen molar-refractivity contribution in [3.8, 4) is 5.75 Å². The number of halogens is 5. The molecule has 10 heteroatoms. The minimum Gasteiger partial charge on any atom is -0.495 e. The van der Waals surface area contributed by atoms with Gasteiger partial charge in [0, 0.05) is 11.2 Å². The number of carbonyl (C=O) groups is 1. The summed E-state index contributed by atoms with van der Waals surface area (Å²) in [5, 5.41) is 2.72. The molecule has 3 rings (SSSR count). The molecule has 0 aliphatic carbocycles. The number of carbonyl (C=O) groups excluding carboxylic acids is 1. The van der Waals surface area contributed by atoms with E-state index < -0.39 is 17.6 Å². The van der Waals surface area contributed by atoms with Gasteiger partial charge in [-0.2, -0.15) is 13.2 Å². The summed E-state index contributed by atoms with van der Waals surface area (Å²) in [6, 6.07) is 5.36. The van der Waals surface area contributed by atoms with Gasteiger partial charge in [0.1, 0.15) is 11.4 Å². The predicted octanol–water partition coefficient (Wildman–Crippen LogP) is 5.23. The molecule has 0 spiro atoms. The van der Waals surface area contributed by atoms with E-state index in [1.54, 1.807) is 12.1 Å². The zero-order chi connectivity index (χ0) is 19.9. The summed E-state index contributed by atoms with van der Waals surface area (Å²) in [5.41, 5.74) is -0.547. The molecule has 0 saturated heterocycles. The Morgan fingerprint density at radius 1 is 1.26 bits per heavy atom. The normalized spacial score (nSPS) is 11.7. The largest absolute Gasteiger partial charge is 0.495 e. The lowest BCUT2D eigenvalue weighted by Gasteiger charge is -2.12. The number of benzene rings is 1. The average molecular weight is 418 g/mol. The number of imidazole rings is 1. The fourth-order valence-corrected chi connectivity index (χ4v) is 3.03. The fraction of sp³-hybridized carbons (Fsp3) is 0.176. The van der Waals surface area contributed by atoms with Gasteiger partial charge >= 0.3 is 6.18 Å². The Morgan fingerprint density at radius 2 is 1.96 bits per heavy atom. The number of alkyl halides is 3. The number of pyridine rings is 1. The molecule has 0 radical (unpaired) electrons. The second kappa shape index (κ2) is 6.94. The Balaban J connectivity index is 2.11. The summed E-state index contributed by atoms with van der Waals surface area (Å²) in [7, 11) is 1.41. The van der Waals surface area contributed by atoms with Crippen LogP contribution in [0.4, 0.5) is 18.9 Å². The van der Waals surface area contributed by atoms with Crippen molar-refractivity contribution in [2.45, 2.75) is 13.1 Å². The number of hydrogen-bond acceptors (Lipinski definition) is 3. The molecule has 0 unspecified atom stereocenters. The molecule has 0 saturated carbocycles. The van der Waals surface area contributed by atoms with Crippen molar-refractivity contribution in [2.75, 3.05) is 12.4 Å². The molecule has 142 valence electrons. The number of anilines is 1. The summed E-state index contributed by atoms with van der Waals surface area (Å²) in [5.74, 6) is -0.343. The number of aryl methyl sites for hydroxylation is 1. The summed E-state index contributed by atoms with van der Waals surface area (Å²) in [4.78, 5) is 16.9. The van der Waals surface area contributed by atoms with Gasteiger partial charge in [0.05, 0.1) is 29.1 Å². The van der Waals surface area contributed by atoms with Crippen molar-refractivity contribution >= 4 is 40.4 Å². The fourth-order valence-electron chi connectivity index (χ4n) is 2.61. The predicted molar refractivity (Wildman–Crippen MR) is 95.9 cm³/mol. The Hall–Kier alpha value is -2.45. The van der Waals surface area contributed by atoms with Crippen LogP contribution in [0.1, 0.15) is 21.7 Å². The van der Waals surface area contributed by atoms with Crippen molar-refractivity contribution in [1.82, 2.24) is 9.38 Å². The lowest BCUT2D eigenvalue weighted by molar-refractivity contribution is -0.137. The molecule has 0 bridgehead atoms. The van der Waals surface area contributed by atoms with Crippen LogP contribution in [0.3, 0.4) is 0 Å². The van der Waals surface area contributed by atoms with E-state index in [2.05, 4.69) is 10.3 Å². The maximum atomic E-state index is 13.1. The molecule has 1 N–H and O–H groups in total. The molecule has 1 aromatic carbocycles. The van der Waals surface area contributed by atoms with Crippen LogP contribution in [0.5, 0.6) is 5.75 Å². The van der Waals surface area contributed by atoms with E-state index in [1.165, 1.54) is 20.1 Å². The molecule has 0 fully saturated rings. The molecule has 5 nitrogen and oxygen atoms in total. The molecule has 2 aromatic heterocycles. The van der Waals surface area contributed by atoms with Crippen LogP contribution < -0.4 is 10.1 Å². The van der Waals surface area contributed by atoms with Gasteiger partial charge in [-0.15, -0.1) is 0 Å². The summed E-state index contributed by atoms with van der Waals surface area (Å²) >= 11 is 11.9. The van der Waals surface area contributed by atoms with E-state index in [0.717, 1.165) is 16.7 Å². The number of methoxy groups -OCH3 is 1. The van der Waals surface area contributed by atoms with Gasteiger partial charge < -0.3 is 10.1 Å². The summed E-state index contributed by atoms with van der Waals surface area (Å²) < 4.78 is 45.5. The third-order valence-corrected chi connectivity index (χ3v) is 4.31. The highest BCUT2D eigenvalue weighted by Crippen LogP contribution is 2.33. The minimum atomic E-state index is -4.63. The smallest absolute Gasteiger partial charge is 0.417 e. The Morgan fingerprint density at radius 3 is 2.59 bits per heavy atom. The van der Waals surface area contributed by atoms with Crippen molar-refractivity contribution < 1.29 is 22.7 Å². The molecule has 1 amide bonds. The first-order chi connectivity index (χ1) is 12.6. The van der Waals surface area contributed by atoms with E-state index in [1.807, 2.05) is 0 Å². The number of amides is 1. The van der Waals surface area contributed by atoms with Gasteiger partial charge in [0.15, 0.2) is 5.65 Å². The van der Waals surface area contributed by atoms with Crippen LogP contribution in [0.15, 0.2) is 30.5 Å². The van der Waals surface area contributed by atoms with Crippen LogP contribution in [-0.2, 0) is 6.18 Å². The van der Waals surface area contributed by atoms with E-state index >= 15 is 0 Å². The third kappa shape index (κ3) is 3.68. The molecule has 27 heavy (non-hydrogen) atoms. The zero-order valence-corrected chi connectivity index (χ0v) is 15.5. The number of nitrogens with one attached hydrogen (secondary N) is 1. The lowest BCUT2D eigenvalue weighted by Crippen LogP contribution is -2.17. The maximum Gasteiger partial charge on any atom is 0.417 e. The number of rotatable bonds is 3. The number of hydrogen-bond donors (Lipinski definition) is 1. The molecule has 0 aliphatic heterocycles. The monoisotopic (exact) mass is 417 g/mol. The van der Waals surface area contributed by atoms with Crippen molar-refractivity contribution in [2.24, 2.45) is 0 Å². The number of aromatic nitrogens is 2. The standard InChI is InChI=1S/C17H12Cl2F3N3O2/c1-8-14(16(26)24-12-6-10(18)3-4-13(12)27-2)25-7-9(17(20,21)22)5-11(19)15(25)23-8/h3-7H,1-2H3,(H,24,26). The number of ether oxygens (including phenoxy) is 1. The van der Waals surface area contributed by atoms with Gasteiger partial charge in [-0.3, -0.25) is 9.20 Å². The topological polar surface area (TPSA) is 55.6 Å². The van der Waals surface area contributed by atoms with Crippen LogP contribution >= 0.6 is 23.2 Å². The first kappa shape index (κ1) is 19.3. The molecule has 0 aliphatic rings. The highest BCUT2D eigenvalue weighted by atomic mass is 35.5. The zero-order valence-electron chi connectivity index (χ0n) is 14.0. The lowest BCUT2D eigenvalue weighted by atomic mass is 10.2. The first-order valence-electron chi connectivity index (χ1n) is 7.52. The van der Waals surface area contributed by atoms with E-state index in [4.69, 9.17) is 27.9 Å². The van der Waals surface area contributed by atoms with Crippen LogP contribution in [0.25, 0.3) is 5.65 Å². The molecule has 2 heterocycles. The van der Waals surface area contributed by atoms with E-state index in [9.17, 15) is 18.0 Å². The number of fused-ring (bicyclic) bond motifs is 1. The summed E-state index contributed by atoms with van der Waals surface area (Å²) in [6.07, 6.45) is -3.84. The first-order valence-corrected chi connectivity index (χ1v) is 8.27. The van der Waals surface area contributed by atoms with Crippen molar-refractivity contribution in [3.63, 3.8) is 0 Å². The van der Waals surface area contributed by atoms with Crippen molar-refractivity contribution in [1.29, 1.82) is 0 Å². The van der Waals surface area contributed by atoms with Gasteiger partial charge in [-0.05, 0) is 31.2 Å². The molecule has 3 aromatic rings. The third-order valence-electron chi connectivity index (χ3n) is 3.80.